The molecule has 3 aromatic carbocycles. The van der Waals surface area contributed by atoms with Gasteiger partial charge in [0.1, 0.15) is 24.0 Å². The summed E-state index contributed by atoms with van der Waals surface area (Å²) in [5.74, 6) is 0.835. The Hall–Kier alpha value is -3.37. The first-order valence-electron chi connectivity index (χ1n) is 11.0. The maximum atomic E-state index is 12.7. The van der Waals surface area contributed by atoms with Gasteiger partial charge in [-0.15, -0.1) is 0 Å². The second-order valence-electron chi connectivity index (χ2n) is 7.38. The number of anilines is 1. The fraction of sp³-hybridized carbons (Fsp3) is 0.185. The van der Waals surface area contributed by atoms with E-state index in [2.05, 4.69) is 5.32 Å². The Morgan fingerprint density at radius 2 is 1.64 bits per heavy atom. The van der Waals surface area contributed by atoms with Gasteiger partial charge in [0.15, 0.2) is 11.5 Å². The summed E-state index contributed by atoms with van der Waals surface area (Å²) in [7, 11) is 0. The van der Waals surface area contributed by atoms with Gasteiger partial charge in [-0.2, -0.15) is 5.26 Å². The molecule has 9 heteroatoms. The number of hydrogen-bond acceptors (Lipinski definition) is 5. The lowest BCUT2D eigenvalue weighted by Gasteiger charge is -2.15. The quantitative estimate of drug-likeness (QED) is 0.210. The van der Waals surface area contributed by atoms with Gasteiger partial charge in [0.25, 0.3) is 5.91 Å². The van der Waals surface area contributed by atoms with Crippen molar-refractivity contribution in [3.05, 3.63) is 86.4 Å². The normalized spacial score (nSPS) is 10.9. The molecule has 36 heavy (non-hydrogen) atoms. The first kappa shape index (κ1) is 27.2. The number of halogens is 3. The molecule has 0 aliphatic carbocycles. The van der Waals surface area contributed by atoms with Crippen LogP contribution >= 0.6 is 34.8 Å². The maximum absolute atomic E-state index is 12.7. The Morgan fingerprint density at radius 1 is 0.917 bits per heavy atom. The van der Waals surface area contributed by atoms with E-state index in [1.54, 1.807) is 54.6 Å². The molecule has 0 radical (unpaired) electrons. The first-order valence-corrected chi connectivity index (χ1v) is 12.2. The lowest BCUT2D eigenvalue weighted by atomic mass is 10.1. The molecule has 0 unspecified atom stereocenters. The second kappa shape index (κ2) is 13.1. The van der Waals surface area contributed by atoms with Crippen LogP contribution < -0.4 is 19.5 Å². The molecule has 0 aliphatic heterocycles. The molecule has 0 fully saturated rings. The standard InChI is InChI=1S/C27H23Cl3N2O4/c1-3-34-21-8-6-20(7-9-21)32-27(33)19(15-31)11-18-13-24(30)26(25(14-18)35-4-2)36-16-17-5-10-22(28)23(29)12-17/h5-14H,3-4,16H2,1-2H3,(H,32,33)/b19-11+. The van der Waals surface area contributed by atoms with E-state index < -0.39 is 5.91 Å². The number of carbonyl (C=O) groups excluding carboxylic acids is 1. The zero-order valence-electron chi connectivity index (χ0n) is 19.6. The van der Waals surface area contributed by atoms with Crippen LogP contribution in [0.2, 0.25) is 15.1 Å². The number of rotatable bonds is 10. The molecule has 1 N–H and O–H groups in total. The van der Waals surface area contributed by atoms with E-state index >= 15 is 0 Å². The average Bonchev–Trinajstić information content (AvgIpc) is 2.85. The zero-order chi connectivity index (χ0) is 26.1. The summed E-state index contributed by atoms with van der Waals surface area (Å²) in [6.45, 7) is 4.79. The van der Waals surface area contributed by atoms with Gasteiger partial charge in [0, 0.05) is 5.69 Å². The third-order valence-electron chi connectivity index (χ3n) is 4.80. The maximum Gasteiger partial charge on any atom is 0.266 e. The summed E-state index contributed by atoms with van der Waals surface area (Å²) in [5.41, 5.74) is 1.73. The molecule has 0 bridgehead atoms. The Morgan fingerprint density at radius 3 is 2.28 bits per heavy atom. The Kier molecular flexibility index (Phi) is 9.89. The van der Waals surface area contributed by atoms with Crippen molar-refractivity contribution in [3.63, 3.8) is 0 Å². The average molecular weight is 546 g/mol. The molecule has 0 spiro atoms. The van der Waals surface area contributed by atoms with Crippen molar-refractivity contribution >= 4 is 52.5 Å². The van der Waals surface area contributed by atoms with E-state index in [-0.39, 0.29) is 17.2 Å². The molecule has 3 aromatic rings. The number of hydrogen-bond donors (Lipinski definition) is 1. The third-order valence-corrected chi connectivity index (χ3v) is 5.82. The number of benzene rings is 3. The molecule has 0 heterocycles. The molecular formula is C27H23Cl3N2O4. The van der Waals surface area contributed by atoms with Crippen LogP contribution in [0.1, 0.15) is 25.0 Å². The minimum atomic E-state index is -0.560. The van der Waals surface area contributed by atoms with Crippen molar-refractivity contribution in [2.45, 2.75) is 20.5 Å². The predicted molar refractivity (Wildman–Crippen MR) is 143 cm³/mol. The van der Waals surface area contributed by atoms with E-state index in [4.69, 9.17) is 49.0 Å². The Balaban J connectivity index is 1.80. The molecule has 1 amide bonds. The van der Waals surface area contributed by atoms with Gasteiger partial charge >= 0.3 is 0 Å². The summed E-state index contributed by atoms with van der Waals surface area (Å²) in [4.78, 5) is 12.7. The molecular weight excluding hydrogens is 523 g/mol. The van der Waals surface area contributed by atoms with Crippen LogP contribution in [0.15, 0.2) is 60.2 Å². The molecule has 0 aromatic heterocycles. The number of nitriles is 1. The number of ether oxygens (including phenoxy) is 3. The topological polar surface area (TPSA) is 80.6 Å². The van der Waals surface area contributed by atoms with Crippen molar-refractivity contribution in [3.8, 4) is 23.3 Å². The summed E-state index contributed by atoms with van der Waals surface area (Å²) in [5, 5.41) is 13.4. The van der Waals surface area contributed by atoms with E-state index in [1.807, 2.05) is 19.9 Å². The van der Waals surface area contributed by atoms with Gasteiger partial charge in [0.2, 0.25) is 0 Å². The van der Waals surface area contributed by atoms with Crippen LogP contribution in [0.5, 0.6) is 17.2 Å². The fourth-order valence-corrected chi connectivity index (χ4v) is 3.77. The minimum Gasteiger partial charge on any atom is -0.494 e. The van der Waals surface area contributed by atoms with Gasteiger partial charge in [-0.05, 0) is 79.6 Å². The van der Waals surface area contributed by atoms with Crippen molar-refractivity contribution < 1.29 is 19.0 Å². The largest absolute Gasteiger partial charge is 0.494 e. The number of carbonyl (C=O) groups is 1. The van der Waals surface area contributed by atoms with Crippen molar-refractivity contribution in [1.82, 2.24) is 0 Å². The van der Waals surface area contributed by atoms with Gasteiger partial charge in [-0.3, -0.25) is 4.79 Å². The summed E-state index contributed by atoms with van der Waals surface area (Å²) in [6.07, 6.45) is 1.43. The molecule has 0 aliphatic rings. The summed E-state index contributed by atoms with van der Waals surface area (Å²) in [6, 6.07) is 17.2. The van der Waals surface area contributed by atoms with E-state index in [0.29, 0.717) is 51.8 Å². The van der Waals surface area contributed by atoms with Crippen molar-refractivity contribution in [2.24, 2.45) is 0 Å². The van der Waals surface area contributed by atoms with Crippen molar-refractivity contribution in [2.75, 3.05) is 18.5 Å². The number of nitrogens with zero attached hydrogens (tertiary/aromatic N) is 1. The van der Waals surface area contributed by atoms with Gasteiger partial charge in [-0.1, -0.05) is 40.9 Å². The Bertz CT molecular complexity index is 1300. The highest BCUT2D eigenvalue weighted by molar-refractivity contribution is 6.42. The van der Waals surface area contributed by atoms with Crippen molar-refractivity contribution in [1.29, 1.82) is 5.26 Å². The van der Waals surface area contributed by atoms with E-state index in [0.717, 1.165) is 5.56 Å². The third kappa shape index (κ3) is 7.32. The molecule has 3 rings (SSSR count). The zero-order valence-corrected chi connectivity index (χ0v) is 21.9. The highest BCUT2D eigenvalue weighted by Gasteiger charge is 2.15. The predicted octanol–water partition coefficient (Wildman–Crippen LogP) is 7.57. The van der Waals surface area contributed by atoms with Gasteiger partial charge in [-0.25, -0.2) is 0 Å². The summed E-state index contributed by atoms with van der Waals surface area (Å²) < 4.78 is 17.0. The van der Waals surface area contributed by atoms with Crippen LogP contribution in [-0.2, 0) is 11.4 Å². The van der Waals surface area contributed by atoms with Crippen LogP contribution in [-0.4, -0.2) is 19.1 Å². The molecule has 0 saturated carbocycles. The first-order chi connectivity index (χ1) is 17.3. The van der Waals surface area contributed by atoms with Crippen LogP contribution in [0.4, 0.5) is 5.69 Å². The smallest absolute Gasteiger partial charge is 0.266 e. The van der Waals surface area contributed by atoms with Crippen LogP contribution in [0.3, 0.4) is 0 Å². The van der Waals surface area contributed by atoms with E-state index in [9.17, 15) is 10.1 Å². The SMILES string of the molecule is CCOc1ccc(NC(=O)/C(C#N)=C/c2cc(Cl)c(OCc3ccc(Cl)c(Cl)c3)c(OCC)c2)cc1. The second-order valence-corrected chi connectivity index (χ2v) is 8.60. The fourth-order valence-electron chi connectivity index (χ4n) is 3.17. The number of nitrogens with one attached hydrogen (secondary N) is 1. The monoisotopic (exact) mass is 544 g/mol. The molecule has 6 nitrogen and oxygen atoms in total. The van der Waals surface area contributed by atoms with Crippen LogP contribution in [0.25, 0.3) is 6.08 Å². The molecule has 0 atom stereocenters. The number of amides is 1. The van der Waals surface area contributed by atoms with E-state index in [1.165, 1.54) is 6.08 Å². The van der Waals surface area contributed by atoms with Gasteiger partial charge < -0.3 is 19.5 Å². The Labute approximate surface area is 224 Å². The van der Waals surface area contributed by atoms with Crippen LogP contribution in [0, 0.1) is 11.3 Å². The minimum absolute atomic E-state index is 0.105. The molecule has 186 valence electrons. The lowest BCUT2D eigenvalue weighted by molar-refractivity contribution is -0.112. The molecule has 0 saturated heterocycles. The van der Waals surface area contributed by atoms with Gasteiger partial charge in [0.05, 0.1) is 28.3 Å². The lowest BCUT2D eigenvalue weighted by Crippen LogP contribution is -2.13. The highest BCUT2D eigenvalue weighted by atomic mass is 35.5. The highest BCUT2D eigenvalue weighted by Crippen LogP contribution is 2.38. The summed E-state index contributed by atoms with van der Waals surface area (Å²) >= 11 is 18.5.